The Kier molecular flexibility index (Phi) is 8.20. The Morgan fingerprint density at radius 2 is 1.85 bits per heavy atom. The van der Waals surface area contributed by atoms with Gasteiger partial charge in [-0.3, -0.25) is 14.4 Å². The molecule has 0 saturated carbocycles. The van der Waals surface area contributed by atoms with Gasteiger partial charge in [-0.25, -0.2) is 9.07 Å². The standard InChI is InChI=1S/C29H33FN6O5/c1-40-23-7-6-20(30)14-22(23)28(38)33-15-17-2-4-18(5-3-17)25-24(27(32)37)26(31)36(34-25)21-8-11-35(12-9-21)29(39)19-10-13-41-16-19/h2-7,14,19,21H,8-13,15-16,31H2,1H3,(H2,32,37)(H,33,38). The molecule has 0 spiro atoms. The highest BCUT2D eigenvalue weighted by Gasteiger charge is 2.33. The van der Waals surface area contributed by atoms with Crippen molar-refractivity contribution in [3.63, 3.8) is 0 Å². The summed E-state index contributed by atoms with van der Waals surface area (Å²) in [5.41, 5.74) is 14.1. The van der Waals surface area contributed by atoms with E-state index >= 15 is 0 Å². The molecule has 2 fully saturated rings. The fourth-order valence-electron chi connectivity index (χ4n) is 5.40. The van der Waals surface area contributed by atoms with Crippen LogP contribution in [0.1, 0.15) is 51.6 Å². The van der Waals surface area contributed by atoms with Crippen molar-refractivity contribution in [3.8, 4) is 17.0 Å². The van der Waals surface area contributed by atoms with Crippen molar-refractivity contribution in [2.24, 2.45) is 11.7 Å². The van der Waals surface area contributed by atoms with Gasteiger partial charge in [0.05, 0.1) is 31.2 Å². The van der Waals surface area contributed by atoms with E-state index in [1.807, 2.05) is 4.90 Å². The van der Waals surface area contributed by atoms with Crippen LogP contribution in [-0.4, -0.2) is 65.8 Å². The Morgan fingerprint density at radius 1 is 1.12 bits per heavy atom. The second-order valence-electron chi connectivity index (χ2n) is 10.3. The lowest BCUT2D eigenvalue weighted by molar-refractivity contribution is -0.136. The number of nitrogens with two attached hydrogens (primary N) is 2. The third-order valence-corrected chi connectivity index (χ3v) is 7.68. The Balaban J connectivity index is 1.27. The van der Waals surface area contributed by atoms with Crippen molar-refractivity contribution >= 4 is 23.5 Å². The second kappa shape index (κ2) is 12.0. The number of nitrogens with one attached hydrogen (secondary N) is 1. The normalized spacial score (nSPS) is 17.4. The zero-order valence-electron chi connectivity index (χ0n) is 22.8. The van der Waals surface area contributed by atoms with Crippen LogP contribution in [0.2, 0.25) is 0 Å². The van der Waals surface area contributed by atoms with E-state index in [0.717, 1.165) is 18.1 Å². The Hall–Kier alpha value is -4.45. The van der Waals surface area contributed by atoms with Crippen molar-refractivity contribution < 1.29 is 28.2 Å². The second-order valence-corrected chi connectivity index (χ2v) is 10.3. The number of carbonyl (C=O) groups is 3. The minimum absolute atomic E-state index is 0.0742. The number of nitrogens with zero attached hydrogens (tertiary/aromatic N) is 3. The summed E-state index contributed by atoms with van der Waals surface area (Å²) in [6.07, 6.45) is 2.05. The number of rotatable bonds is 8. The number of piperidine rings is 1. The van der Waals surface area contributed by atoms with Crippen LogP contribution in [-0.2, 0) is 16.1 Å². The van der Waals surface area contributed by atoms with E-state index < -0.39 is 17.6 Å². The van der Waals surface area contributed by atoms with Gasteiger partial charge >= 0.3 is 0 Å². The number of anilines is 1. The van der Waals surface area contributed by atoms with Gasteiger partial charge < -0.3 is 31.2 Å². The van der Waals surface area contributed by atoms with Gasteiger partial charge in [-0.15, -0.1) is 0 Å². The van der Waals surface area contributed by atoms with Gasteiger partial charge in [0.15, 0.2) is 0 Å². The summed E-state index contributed by atoms with van der Waals surface area (Å²) in [4.78, 5) is 39.6. The molecule has 41 heavy (non-hydrogen) atoms. The van der Waals surface area contributed by atoms with Crippen LogP contribution in [0.3, 0.4) is 0 Å². The third-order valence-electron chi connectivity index (χ3n) is 7.68. The fourth-order valence-corrected chi connectivity index (χ4v) is 5.40. The highest BCUT2D eigenvalue weighted by Crippen LogP contribution is 2.33. The molecule has 3 amide bonds. The summed E-state index contributed by atoms with van der Waals surface area (Å²) in [7, 11) is 1.41. The number of halogens is 1. The molecule has 1 atom stereocenters. The monoisotopic (exact) mass is 564 g/mol. The van der Waals surface area contributed by atoms with Crippen LogP contribution in [0.5, 0.6) is 5.75 Å². The van der Waals surface area contributed by atoms with Crippen LogP contribution in [0, 0.1) is 11.7 Å². The number of ether oxygens (including phenoxy) is 2. The van der Waals surface area contributed by atoms with E-state index in [9.17, 15) is 18.8 Å². The third kappa shape index (κ3) is 5.87. The molecule has 11 nitrogen and oxygen atoms in total. The molecule has 216 valence electrons. The molecule has 2 saturated heterocycles. The molecule has 2 aliphatic heterocycles. The molecule has 0 aliphatic carbocycles. The van der Waals surface area contributed by atoms with Crippen molar-refractivity contribution in [2.45, 2.75) is 31.8 Å². The first kappa shape index (κ1) is 28.1. The molecule has 0 radical (unpaired) electrons. The summed E-state index contributed by atoms with van der Waals surface area (Å²) < 4.78 is 25.8. The molecule has 5 rings (SSSR count). The van der Waals surface area contributed by atoms with Gasteiger partial charge in [-0.2, -0.15) is 5.10 Å². The van der Waals surface area contributed by atoms with Gasteiger partial charge in [0.2, 0.25) is 5.91 Å². The zero-order valence-corrected chi connectivity index (χ0v) is 22.8. The summed E-state index contributed by atoms with van der Waals surface area (Å²) in [6, 6.07) is 10.8. The summed E-state index contributed by atoms with van der Waals surface area (Å²) in [5.74, 6) is -1.18. The van der Waals surface area contributed by atoms with E-state index in [0.29, 0.717) is 50.4 Å². The molecule has 3 heterocycles. The summed E-state index contributed by atoms with van der Waals surface area (Å²) in [5, 5.41) is 7.45. The van der Waals surface area contributed by atoms with E-state index in [-0.39, 0.29) is 47.1 Å². The Labute approximate surface area is 236 Å². The molecule has 3 aromatic rings. The van der Waals surface area contributed by atoms with Crippen molar-refractivity contribution in [1.29, 1.82) is 0 Å². The molecule has 2 aliphatic rings. The molecule has 2 aromatic carbocycles. The first-order valence-corrected chi connectivity index (χ1v) is 13.5. The molecular formula is C29H33FN6O5. The molecule has 0 bridgehead atoms. The molecular weight excluding hydrogens is 531 g/mol. The van der Waals surface area contributed by atoms with Gasteiger partial charge in [0, 0.05) is 31.8 Å². The topological polar surface area (TPSA) is 155 Å². The molecule has 1 unspecified atom stereocenters. The minimum atomic E-state index is -0.682. The van der Waals surface area contributed by atoms with Crippen LogP contribution in [0.15, 0.2) is 42.5 Å². The SMILES string of the molecule is COc1ccc(F)cc1C(=O)NCc1ccc(-c2nn(C3CCN(C(=O)C4CCOC4)CC3)c(N)c2C(N)=O)cc1. The number of primary amides is 1. The zero-order chi connectivity index (χ0) is 29.1. The smallest absolute Gasteiger partial charge is 0.255 e. The van der Waals surface area contributed by atoms with Gasteiger partial charge in [0.1, 0.15) is 28.6 Å². The number of hydrogen-bond acceptors (Lipinski definition) is 7. The van der Waals surface area contributed by atoms with Crippen LogP contribution in [0.4, 0.5) is 10.2 Å². The first-order chi connectivity index (χ1) is 19.8. The average molecular weight is 565 g/mol. The lowest BCUT2D eigenvalue weighted by Gasteiger charge is -2.33. The lowest BCUT2D eigenvalue weighted by Crippen LogP contribution is -2.42. The summed E-state index contributed by atoms with van der Waals surface area (Å²) >= 11 is 0. The van der Waals surface area contributed by atoms with Gasteiger partial charge in [0.25, 0.3) is 11.8 Å². The predicted molar refractivity (Wildman–Crippen MR) is 148 cm³/mol. The number of benzene rings is 2. The van der Waals surface area contributed by atoms with E-state index in [1.54, 1.807) is 28.9 Å². The van der Waals surface area contributed by atoms with Crippen molar-refractivity contribution in [3.05, 3.63) is 65.0 Å². The number of nitrogen functional groups attached to an aromatic ring is 1. The largest absolute Gasteiger partial charge is 0.496 e. The minimum Gasteiger partial charge on any atom is -0.496 e. The fraction of sp³-hybridized carbons (Fsp3) is 0.379. The maximum absolute atomic E-state index is 13.7. The number of likely N-dealkylation sites (tertiary alicyclic amines) is 1. The molecule has 1 aromatic heterocycles. The summed E-state index contributed by atoms with van der Waals surface area (Å²) in [6.45, 7) is 2.42. The number of methoxy groups -OCH3 is 1. The highest BCUT2D eigenvalue weighted by molar-refractivity contribution is 6.03. The Morgan fingerprint density at radius 3 is 2.49 bits per heavy atom. The number of aromatic nitrogens is 2. The van der Waals surface area contributed by atoms with Gasteiger partial charge in [-0.05, 0) is 43.0 Å². The van der Waals surface area contributed by atoms with Crippen LogP contribution in [0.25, 0.3) is 11.3 Å². The van der Waals surface area contributed by atoms with Gasteiger partial charge in [-0.1, -0.05) is 24.3 Å². The average Bonchev–Trinajstić information content (AvgIpc) is 3.64. The molecule has 12 heteroatoms. The van der Waals surface area contributed by atoms with Crippen LogP contribution < -0.4 is 21.5 Å². The lowest BCUT2D eigenvalue weighted by atomic mass is 10.0. The Bertz CT molecular complexity index is 1440. The number of amides is 3. The quantitative estimate of drug-likeness (QED) is 0.380. The predicted octanol–water partition coefficient (Wildman–Crippen LogP) is 2.51. The van der Waals surface area contributed by atoms with E-state index in [4.69, 9.17) is 26.0 Å². The van der Waals surface area contributed by atoms with E-state index in [1.165, 1.54) is 19.2 Å². The maximum Gasteiger partial charge on any atom is 0.255 e. The number of carbonyl (C=O) groups excluding carboxylic acids is 3. The number of hydrogen-bond donors (Lipinski definition) is 3. The van der Waals surface area contributed by atoms with Crippen molar-refractivity contribution in [1.82, 2.24) is 20.0 Å². The van der Waals surface area contributed by atoms with Crippen molar-refractivity contribution in [2.75, 3.05) is 39.1 Å². The maximum atomic E-state index is 13.7. The van der Waals surface area contributed by atoms with E-state index in [2.05, 4.69) is 5.32 Å². The first-order valence-electron chi connectivity index (χ1n) is 13.5. The molecule has 5 N–H and O–H groups in total. The van der Waals surface area contributed by atoms with Crippen LogP contribution >= 0.6 is 0 Å². The highest BCUT2D eigenvalue weighted by atomic mass is 19.1.